The van der Waals surface area contributed by atoms with Gasteiger partial charge >= 0.3 is 33.2 Å². The van der Waals surface area contributed by atoms with Crippen molar-refractivity contribution in [2.24, 2.45) is 5.92 Å². The quantitative estimate of drug-likeness (QED) is 0.300. The van der Waals surface area contributed by atoms with Gasteiger partial charge in [0.2, 0.25) is 0 Å². The molecule has 0 aromatic heterocycles. The first kappa shape index (κ1) is 26.5. The molecule has 1 N–H and O–H groups in total. The second-order valence-corrected chi connectivity index (χ2v) is 11.7. The van der Waals surface area contributed by atoms with Crippen LogP contribution in [0.25, 0.3) is 0 Å². The van der Waals surface area contributed by atoms with Gasteiger partial charge in [-0.25, -0.2) is 0 Å². The van der Waals surface area contributed by atoms with Gasteiger partial charge in [-0.2, -0.15) is 26.0 Å². The van der Waals surface area contributed by atoms with Crippen molar-refractivity contribution in [1.29, 1.82) is 0 Å². The highest BCUT2D eigenvalue weighted by Crippen LogP contribution is 2.54. The van der Waals surface area contributed by atoms with Crippen molar-refractivity contribution in [1.82, 2.24) is 0 Å². The highest BCUT2D eigenvalue weighted by Gasteiger charge is 2.72. The molecule has 0 radical (unpaired) electrons. The van der Waals surface area contributed by atoms with Gasteiger partial charge in [-0.05, 0) is 57.8 Å². The summed E-state index contributed by atoms with van der Waals surface area (Å²) in [6, 6.07) is 0. The highest BCUT2D eigenvalue weighted by atomic mass is 32.2. The lowest BCUT2D eigenvalue weighted by Crippen LogP contribution is -2.54. The van der Waals surface area contributed by atoms with Crippen molar-refractivity contribution in [2.45, 2.75) is 105 Å². The van der Waals surface area contributed by atoms with Gasteiger partial charge in [0, 0.05) is 0 Å². The Morgan fingerprint density at radius 2 is 1.27 bits per heavy atom. The van der Waals surface area contributed by atoms with Crippen LogP contribution in [0, 0.1) is 5.92 Å². The number of hydrogen-bond donors (Lipinski definition) is 1. The lowest BCUT2D eigenvalue weighted by molar-refractivity contribution is -0.198. The third-order valence-corrected chi connectivity index (χ3v) is 8.94. The van der Waals surface area contributed by atoms with Gasteiger partial charge in [-0.3, -0.25) is 14.1 Å². The van der Waals surface area contributed by atoms with E-state index in [1.807, 2.05) is 0 Å². The Hall–Kier alpha value is -1.08. The number of hydrogen-bond acceptors (Lipinski definition) is 7. The molecule has 3 unspecified atom stereocenters. The summed E-state index contributed by atoms with van der Waals surface area (Å²) >= 11 is 0.427. The lowest BCUT2D eigenvalue weighted by atomic mass is 9.91. The van der Waals surface area contributed by atoms with Crippen LogP contribution >= 0.6 is 11.8 Å². The molecule has 0 aromatic carbocycles. The van der Waals surface area contributed by atoms with E-state index >= 15 is 0 Å². The summed E-state index contributed by atoms with van der Waals surface area (Å²) in [5.74, 6) is -9.99. The van der Waals surface area contributed by atoms with Gasteiger partial charge < -0.3 is 9.47 Å². The van der Waals surface area contributed by atoms with Crippen molar-refractivity contribution in [3.63, 3.8) is 0 Å². The van der Waals surface area contributed by atoms with Gasteiger partial charge in [0.15, 0.2) is 0 Å². The van der Waals surface area contributed by atoms with Crippen LogP contribution in [0.2, 0.25) is 0 Å². The Labute approximate surface area is 194 Å². The van der Waals surface area contributed by atoms with Gasteiger partial charge in [-0.15, -0.1) is 11.8 Å². The van der Waals surface area contributed by atoms with E-state index in [-0.39, 0.29) is 0 Å². The second-order valence-electron chi connectivity index (χ2n) is 8.90. The largest absolute Gasteiger partial charge is 0.462 e. The molecule has 0 amide bonds. The Kier molecular flexibility index (Phi) is 8.25. The maximum absolute atomic E-state index is 14.8. The highest BCUT2D eigenvalue weighted by molar-refractivity contribution is 8.02. The molecule has 1 aliphatic heterocycles. The summed E-state index contributed by atoms with van der Waals surface area (Å²) in [5, 5.41) is -9.14. The summed E-state index contributed by atoms with van der Waals surface area (Å²) in [7, 11) is -6.50. The molecular weight excluding hydrogens is 492 g/mol. The summed E-state index contributed by atoms with van der Waals surface area (Å²) in [5.41, 5.74) is 0. The molecule has 13 heteroatoms. The van der Waals surface area contributed by atoms with E-state index in [1.54, 1.807) is 0 Å². The molecule has 3 aliphatic rings. The number of rotatable bonds is 7. The maximum atomic E-state index is 14.8. The van der Waals surface area contributed by atoms with Crippen LogP contribution in [0.5, 0.6) is 0 Å². The first-order valence-electron chi connectivity index (χ1n) is 11.1. The van der Waals surface area contributed by atoms with Crippen LogP contribution in [0.1, 0.15) is 70.6 Å². The molecule has 0 aromatic rings. The topological polar surface area (TPSA) is 107 Å². The minimum atomic E-state index is -6.50. The molecule has 1 heterocycles. The fraction of sp³-hybridized carbons (Fsp3) is 0.900. The predicted octanol–water partition coefficient (Wildman–Crippen LogP) is 4.34. The maximum Gasteiger partial charge on any atom is 0.431 e. The summed E-state index contributed by atoms with van der Waals surface area (Å²) in [4.78, 5) is 25.3. The Morgan fingerprint density at radius 1 is 0.818 bits per heavy atom. The van der Waals surface area contributed by atoms with Crippen LogP contribution < -0.4 is 0 Å². The number of esters is 2. The summed E-state index contributed by atoms with van der Waals surface area (Å²) in [6.07, 6.45) is 5.35. The minimum absolute atomic E-state index is 0.418. The van der Waals surface area contributed by atoms with Crippen molar-refractivity contribution in [3.05, 3.63) is 0 Å². The molecule has 7 nitrogen and oxygen atoms in total. The van der Waals surface area contributed by atoms with Crippen molar-refractivity contribution in [2.75, 3.05) is 0 Å². The van der Waals surface area contributed by atoms with Gasteiger partial charge in [-0.1, -0.05) is 12.8 Å². The molecule has 3 rings (SSSR count). The van der Waals surface area contributed by atoms with Crippen molar-refractivity contribution >= 4 is 33.8 Å². The Balaban J connectivity index is 1.81. The number of halogens is 4. The lowest BCUT2D eigenvalue weighted by Gasteiger charge is -2.32. The molecule has 0 spiro atoms. The average Bonchev–Trinajstić information content (AvgIpc) is 3.21. The van der Waals surface area contributed by atoms with E-state index in [1.165, 1.54) is 0 Å². The zero-order chi connectivity index (χ0) is 24.4. The first-order chi connectivity index (χ1) is 15.3. The third kappa shape index (κ3) is 5.77. The fourth-order valence-electron chi connectivity index (χ4n) is 4.62. The van der Waals surface area contributed by atoms with E-state index in [0.717, 1.165) is 38.5 Å². The van der Waals surface area contributed by atoms with Crippen molar-refractivity contribution < 1.29 is 49.6 Å². The number of carbonyl (C=O) groups excluding carboxylic acids is 2. The molecule has 190 valence electrons. The number of carbonyl (C=O) groups is 2. The van der Waals surface area contributed by atoms with Crippen LogP contribution in [0.3, 0.4) is 0 Å². The second kappa shape index (κ2) is 10.3. The summed E-state index contributed by atoms with van der Waals surface area (Å²) < 4.78 is 99.3. The van der Waals surface area contributed by atoms with E-state index in [0.29, 0.717) is 37.4 Å². The minimum Gasteiger partial charge on any atom is -0.462 e. The molecule has 3 atom stereocenters. The Bertz CT molecular complexity index is 824. The molecule has 0 bridgehead atoms. The van der Waals surface area contributed by atoms with Crippen LogP contribution in [0.4, 0.5) is 17.6 Å². The monoisotopic (exact) mass is 520 g/mol. The van der Waals surface area contributed by atoms with Gasteiger partial charge in [0.1, 0.15) is 22.7 Å². The number of ether oxygens (including phenoxy) is 2. The van der Waals surface area contributed by atoms with Crippen LogP contribution in [-0.2, 0) is 29.2 Å². The molecule has 1 saturated heterocycles. The molecule has 2 aliphatic carbocycles. The van der Waals surface area contributed by atoms with E-state index < -0.39 is 68.3 Å². The first-order valence-corrected chi connectivity index (χ1v) is 13.5. The van der Waals surface area contributed by atoms with E-state index in [9.17, 15) is 35.6 Å². The van der Waals surface area contributed by atoms with Gasteiger partial charge in [0.05, 0.1) is 5.92 Å². The molecule has 33 heavy (non-hydrogen) atoms. The third-order valence-electron chi connectivity index (χ3n) is 6.49. The van der Waals surface area contributed by atoms with Crippen LogP contribution in [-0.4, -0.2) is 58.8 Å². The van der Waals surface area contributed by atoms with Crippen LogP contribution in [0.15, 0.2) is 0 Å². The standard InChI is InChI=1S/C20H28F4O7S2/c21-19(22,20(23,24)33(27,28)29)14-11-15(17(25)30-12-7-3-1-4-8-12)32-16(14)18(26)31-13-9-5-2-6-10-13/h12-16H,1-11H2,(H,27,28,29). The smallest absolute Gasteiger partial charge is 0.431 e. The SMILES string of the molecule is O=C(OC1CCCCC1)C1CC(C(F)(F)C(F)(F)S(=O)(=O)O)C(C(=O)OC2CCCCC2)S1. The molecule has 3 fully saturated rings. The number of thioether (sulfide) groups is 1. The predicted molar refractivity (Wildman–Crippen MR) is 111 cm³/mol. The number of alkyl halides is 4. The van der Waals surface area contributed by atoms with Gasteiger partial charge in [0.25, 0.3) is 0 Å². The molecule has 2 saturated carbocycles. The van der Waals surface area contributed by atoms with Crippen molar-refractivity contribution in [3.8, 4) is 0 Å². The zero-order valence-corrected chi connectivity index (χ0v) is 19.5. The summed E-state index contributed by atoms with van der Waals surface area (Å²) in [6.45, 7) is 0. The fourth-order valence-corrected chi connectivity index (χ4v) is 6.59. The zero-order valence-electron chi connectivity index (χ0n) is 17.9. The normalized spacial score (nSPS) is 28.5. The van der Waals surface area contributed by atoms with E-state index in [4.69, 9.17) is 14.0 Å². The molecular formula is C20H28F4O7S2. The Morgan fingerprint density at radius 3 is 1.73 bits per heavy atom. The average molecular weight is 521 g/mol. The van der Waals surface area contributed by atoms with E-state index in [2.05, 4.69) is 0 Å².